The number of Topliss-reactive ketones (excluding diaryl/α,β-unsaturated/α-hetero) is 1. The van der Waals surface area contributed by atoms with Crippen LogP contribution in [-0.4, -0.2) is 34.9 Å². The number of rotatable bonds is 3. The number of fused-ring (bicyclic) bond motifs is 2. The third kappa shape index (κ3) is 2.58. The van der Waals surface area contributed by atoms with Crippen LogP contribution in [0.3, 0.4) is 0 Å². The number of carbonyl (C=O) groups excluding carboxylic acids is 1. The zero-order valence-electron chi connectivity index (χ0n) is 13.9. The normalized spacial score (nSPS) is 28.1. The van der Waals surface area contributed by atoms with Crippen LogP contribution < -0.4 is 0 Å². The fraction of sp³-hybridized carbons (Fsp3) is 0.381. The van der Waals surface area contributed by atoms with Crippen molar-refractivity contribution < 1.29 is 9.90 Å². The molecule has 0 aromatic heterocycles. The maximum atomic E-state index is 12.5. The predicted molar refractivity (Wildman–Crippen MR) is 94.5 cm³/mol. The van der Waals surface area contributed by atoms with E-state index in [1.807, 2.05) is 42.5 Å². The van der Waals surface area contributed by atoms with Crippen molar-refractivity contribution in [3.63, 3.8) is 0 Å². The van der Waals surface area contributed by atoms with Crippen LogP contribution in [0.5, 0.6) is 0 Å². The van der Waals surface area contributed by atoms with Gasteiger partial charge in [-0.05, 0) is 36.6 Å². The number of piperidine rings is 1. The topological polar surface area (TPSA) is 40.5 Å². The van der Waals surface area contributed by atoms with Gasteiger partial charge < -0.3 is 5.11 Å². The highest BCUT2D eigenvalue weighted by Gasteiger charge is 2.47. The molecule has 124 valence electrons. The first kappa shape index (κ1) is 15.6. The average molecular weight is 321 g/mol. The second kappa shape index (κ2) is 6.15. The van der Waals surface area contributed by atoms with E-state index in [-0.39, 0.29) is 17.7 Å². The molecule has 0 amide bonds. The van der Waals surface area contributed by atoms with Crippen LogP contribution in [0, 0.1) is 5.92 Å². The number of aliphatic hydroxyl groups excluding tert-OH is 1. The predicted octanol–water partition coefficient (Wildman–Crippen LogP) is 3.44. The molecule has 24 heavy (non-hydrogen) atoms. The zero-order chi connectivity index (χ0) is 16.7. The van der Waals surface area contributed by atoms with Crippen molar-refractivity contribution in [2.75, 3.05) is 7.05 Å². The molecule has 2 bridgehead atoms. The highest BCUT2D eigenvalue weighted by molar-refractivity contribution is 5.84. The van der Waals surface area contributed by atoms with E-state index in [1.54, 1.807) is 0 Å². The molecule has 1 N–H and O–H groups in total. The van der Waals surface area contributed by atoms with Gasteiger partial charge in [-0.1, -0.05) is 54.6 Å². The highest BCUT2D eigenvalue weighted by atomic mass is 16.3. The van der Waals surface area contributed by atoms with Crippen LogP contribution in [0.2, 0.25) is 0 Å². The number of benzene rings is 2. The first-order valence-electron chi connectivity index (χ1n) is 8.73. The second-order valence-electron chi connectivity index (χ2n) is 7.09. The Hall–Kier alpha value is -1.97. The summed E-state index contributed by atoms with van der Waals surface area (Å²) in [7, 11) is 2.09. The second-order valence-corrected chi connectivity index (χ2v) is 7.09. The molecule has 2 aromatic rings. The van der Waals surface area contributed by atoms with Crippen molar-refractivity contribution in [3.8, 4) is 11.1 Å². The van der Waals surface area contributed by atoms with E-state index in [0.717, 1.165) is 29.5 Å². The molecule has 3 heteroatoms. The molecule has 2 fully saturated rings. The lowest BCUT2D eigenvalue weighted by molar-refractivity contribution is -0.134. The number of nitrogens with zero attached hydrogens (tertiary/aromatic N) is 1. The lowest BCUT2D eigenvalue weighted by Crippen LogP contribution is -2.49. The monoisotopic (exact) mass is 321 g/mol. The molecule has 2 aromatic carbocycles. The van der Waals surface area contributed by atoms with E-state index < -0.39 is 6.10 Å². The minimum atomic E-state index is -0.714. The largest absolute Gasteiger partial charge is 0.388 e. The molecule has 3 nitrogen and oxygen atoms in total. The quantitative estimate of drug-likeness (QED) is 0.941. The first-order chi connectivity index (χ1) is 11.6. The van der Waals surface area contributed by atoms with Gasteiger partial charge in [-0.25, -0.2) is 0 Å². The molecular formula is C21H23NO2. The standard InChI is InChI=1S/C21H23NO2/c1-22-17-11-12-18(22)20(19(23)13-17)21(24)16-9-7-15(8-10-16)14-5-3-2-4-6-14/h2-10,17-18,20-21,24H,11-13H2,1H3/t17-,18+,20+,21+/m0/s1. The molecule has 0 saturated carbocycles. The molecular weight excluding hydrogens is 298 g/mol. The molecule has 4 atom stereocenters. The third-order valence-corrected chi connectivity index (χ3v) is 5.82. The number of aliphatic hydroxyl groups is 1. The van der Waals surface area contributed by atoms with Crippen molar-refractivity contribution in [1.29, 1.82) is 0 Å². The fourth-order valence-corrected chi connectivity index (χ4v) is 4.40. The smallest absolute Gasteiger partial charge is 0.142 e. The SMILES string of the molecule is CN1[C@H]2CC[C@@H]1[C@@H]([C@H](O)c1ccc(-c3ccccc3)cc1)C(=O)C2. The Kier molecular flexibility index (Phi) is 3.99. The number of ketones is 1. The number of carbonyl (C=O) groups is 1. The Bertz CT molecular complexity index is 725. The summed E-state index contributed by atoms with van der Waals surface area (Å²) in [6.07, 6.45) is 1.95. The Morgan fingerprint density at radius 2 is 1.67 bits per heavy atom. The van der Waals surface area contributed by atoms with E-state index in [0.29, 0.717) is 12.5 Å². The summed E-state index contributed by atoms with van der Waals surface area (Å²) in [5, 5.41) is 10.9. The van der Waals surface area contributed by atoms with Crippen molar-refractivity contribution in [1.82, 2.24) is 4.90 Å². The number of hydrogen-bond acceptors (Lipinski definition) is 3. The maximum absolute atomic E-state index is 12.5. The van der Waals surface area contributed by atoms with Gasteiger partial charge in [0.15, 0.2) is 0 Å². The summed E-state index contributed by atoms with van der Waals surface area (Å²) in [6.45, 7) is 0. The zero-order valence-corrected chi connectivity index (χ0v) is 13.9. The van der Waals surface area contributed by atoms with Gasteiger partial charge in [0.25, 0.3) is 0 Å². The van der Waals surface area contributed by atoms with Crippen molar-refractivity contribution in [3.05, 3.63) is 60.2 Å². The molecule has 0 radical (unpaired) electrons. The van der Waals surface area contributed by atoms with Crippen LogP contribution >= 0.6 is 0 Å². The lowest BCUT2D eigenvalue weighted by atomic mass is 9.82. The third-order valence-electron chi connectivity index (χ3n) is 5.82. The summed E-state index contributed by atoms with van der Waals surface area (Å²) >= 11 is 0. The summed E-state index contributed by atoms with van der Waals surface area (Å²) < 4.78 is 0. The van der Waals surface area contributed by atoms with Gasteiger partial charge in [0.2, 0.25) is 0 Å². The van der Waals surface area contributed by atoms with E-state index >= 15 is 0 Å². The van der Waals surface area contributed by atoms with Crippen molar-refractivity contribution in [2.45, 2.75) is 37.5 Å². The van der Waals surface area contributed by atoms with E-state index in [1.165, 1.54) is 0 Å². The van der Waals surface area contributed by atoms with Crippen LogP contribution in [0.4, 0.5) is 0 Å². The minimum absolute atomic E-state index is 0.181. The Morgan fingerprint density at radius 3 is 2.38 bits per heavy atom. The maximum Gasteiger partial charge on any atom is 0.142 e. The Balaban J connectivity index is 1.58. The van der Waals surface area contributed by atoms with Gasteiger partial charge >= 0.3 is 0 Å². The molecule has 0 aliphatic carbocycles. The van der Waals surface area contributed by atoms with Crippen molar-refractivity contribution >= 4 is 5.78 Å². The van der Waals surface area contributed by atoms with Gasteiger partial charge in [0.05, 0.1) is 12.0 Å². The number of hydrogen-bond donors (Lipinski definition) is 1. The molecule has 0 spiro atoms. The minimum Gasteiger partial charge on any atom is -0.388 e. The van der Waals surface area contributed by atoms with Crippen LogP contribution in [0.15, 0.2) is 54.6 Å². The van der Waals surface area contributed by atoms with E-state index in [4.69, 9.17) is 0 Å². The molecule has 2 saturated heterocycles. The van der Waals surface area contributed by atoms with Gasteiger partial charge in [-0.15, -0.1) is 0 Å². The molecule has 0 unspecified atom stereocenters. The molecule has 2 aliphatic rings. The van der Waals surface area contributed by atoms with Gasteiger partial charge in [0.1, 0.15) is 5.78 Å². The summed E-state index contributed by atoms with van der Waals surface area (Å²) in [4.78, 5) is 14.8. The fourth-order valence-electron chi connectivity index (χ4n) is 4.40. The Morgan fingerprint density at radius 1 is 1.00 bits per heavy atom. The van der Waals surface area contributed by atoms with Gasteiger partial charge in [-0.2, -0.15) is 0 Å². The first-order valence-corrected chi connectivity index (χ1v) is 8.73. The van der Waals surface area contributed by atoms with Gasteiger partial charge in [-0.3, -0.25) is 9.69 Å². The van der Waals surface area contributed by atoms with Gasteiger partial charge in [0, 0.05) is 18.5 Å². The lowest BCUT2D eigenvalue weighted by Gasteiger charge is -2.38. The summed E-state index contributed by atoms with van der Waals surface area (Å²) in [5.74, 6) is -0.0726. The van der Waals surface area contributed by atoms with Crippen LogP contribution in [0.25, 0.3) is 11.1 Å². The molecule has 2 heterocycles. The molecule has 2 aliphatic heterocycles. The van der Waals surface area contributed by atoms with E-state index in [9.17, 15) is 9.90 Å². The molecule has 4 rings (SSSR count). The highest BCUT2D eigenvalue weighted by Crippen LogP contribution is 2.41. The van der Waals surface area contributed by atoms with E-state index in [2.05, 4.69) is 24.1 Å². The summed E-state index contributed by atoms with van der Waals surface area (Å²) in [5.41, 5.74) is 3.12. The summed E-state index contributed by atoms with van der Waals surface area (Å²) in [6, 6.07) is 18.7. The van der Waals surface area contributed by atoms with Crippen LogP contribution in [-0.2, 0) is 4.79 Å². The van der Waals surface area contributed by atoms with Crippen LogP contribution in [0.1, 0.15) is 30.9 Å². The average Bonchev–Trinajstić information content (AvgIpc) is 2.86. The van der Waals surface area contributed by atoms with Crippen molar-refractivity contribution in [2.24, 2.45) is 5.92 Å². The Labute approximate surface area is 142 Å².